The molecule has 1 aromatic rings. The summed E-state index contributed by atoms with van der Waals surface area (Å²) < 4.78 is 5.01. The Balaban J connectivity index is 3.17. The molecule has 0 aliphatic carbocycles. The van der Waals surface area contributed by atoms with Crippen LogP contribution in [0.25, 0.3) is 0 Å². The van der Waals surface area contributed by atoms with Crippen LogP contribution in [0.1, 0.15) is 10.4 Å². The topological polar surface area (TPSA) is 68.5 Å². The molecule has 5 nitrogen and oxygen atoms in total. The maximum absolute atomic E-state index is 11.4. The molecule has 0 aliphatic heterocycles. The van der Waals surface area contributed by atoms with E-state index in [1.54, 1.807) is 17.0 Å². The van der Waals surface area contributed by atoms with Gasteiger partial charge in [0.2, 0.25) is 5.88 Å². The van der Waals surface area contributed by atoms with Crippen molar-refractivity contribution in [1.29, 1.82) is 0 Å². The fraction of sp³-hybridized carbons (Fsp3) is 0.400. The number of ketones is 1. The molecule has 0 unspecified atom stereocenters. The number of hydrogen-bond donors (Lipinski definition) is 1. The number of Topliss-reactive ketones (excluding diaryl/α,β-unsaturated/α-hetero) is 1. The number of ether oxygens (including phenoxy) is 1. The van der Waals surface area contributed by atoms with Crippen molar-refractivity contribution in [2.24, 2.45) is 5.73 Å². The van der Waals surface area contributed by atoms with E-state index in [1.807, 2.05) is 14.1 Å². The van der Waals surface area contributed by atoms with Gasteiger partial charge in [-0.15, -0.1) is 0 Å². The van der Waals surface area contributed by atoms with E-state index in [1.165, 1.54) is 7.11 Å². The highest BCUT2D eigenvalue weighted by atomic mass is 16.5. The summed E-state index contributed by atoms with van der Waals surface area (Å²) >= 11 is 0. The lowest BCUT2D eigenvalue weighted by Gasteiger charge is -2.13. The molecule has 82 valence electrons. The van der Waals surface area contributed by atoms with E-state index in [2.05, 4.69) is 4.98 Å². The van der Waals surface area contributed by atoms with Crippen LogP contribution in [-0.2, 0) is 0 Å². The quantitative estimate of drug-likeness (QED) is 0.722. The molecule has 0 aromatic carbocycles. The fourth-order valence-corrected chi connectivity index (χ4v) is 1.10. The van der Waals surface area contributed by atoms with Gasteiger partial charge in [0, 0.05) is 25.7 Å². The number of nitrogens with two attached hydrogens (primary N) is 1. The predicted octanol–water partition coefficient (Wildman–Crippen LogP) is 0.298. The summed E-state index contributed by atoms with van der Waals surface area (Å²) in [6, 6.07) is 3.28. The average Bonchev–Trinajstić information content (AvgIpc) is 2.27. The van der Waals surface area contributed by atoms with Crippen LogP contribution in [0.2, 0.25) is 0 Å². The highest BCUT2D eigenvalue weighted by molar-refractivity contribution is 5.98. The molecule has 0 atom stereocenters. The van der Waals surface area contributed by atoms with Gasteiger partial charge in [0.1, 0.15) is 5.82 Å². The third-order valence-corrected chi connectivity index (χ3v) is 1.96. The fourth-order valence-electron chi connectivity index (χ4n) is 1.10. The van der Waals surface area contributed by atoms with Gasteiger partial charge in [0.05, 0.1) is 13.7 Å². The Morgan fingerprint density at radius 3 is 2.67 bits per heavy atom. The summed E-state index contributed by atoms with van der Waals surface area (Å²) in [5.41, 5.74) is 5.82. The van der Waals surface area contributed by atoms with E-state index in [0.717, 1.165) is 0 Å². The molecule has 0 amide bonds. The molecule has 0 saturated carbocycles. The number of rotatable bonds is 4. The normalized spacial score (nSPS) is 9.87. The lowest BCUT2D eigenvalue weighted by Crippen LogP contribution is -2.16. The highest BCUT2D eigenvalue weighted by Gasteiger charge is 2.09. The van der Waals surface area contributed by atoms with E-state index in [4.69, 9.17) is 10.5 Å². The lowest BCUT2D eigenvalue weighted by atomic mass is 10.1. The smallest absolute Gasteiger partial charge is 0.215 e. The number of nitrogens with zero attached hydrogens (tertiary/aromatic N) is 2. The molecule has 5 heteroatoms. The Morgan fingerprint density at radius 1 is 1.53 bits per heavy atom. The first kappa shape index (κ1) is 11.5. The minimum Gasteiger partial charge on any atom is -0.481 e. The molecule has 0 fully saturated rings. The summed E-state index contributed by atoms with van der Waals surface area (Å²) in [6.07, 6.45) is 0. The van der Waals surface area contributed by atoms with E-state index < -0.39 is 0 Å². The van der Waals surface area contributed by atoms with Crippen molar-refractivity contribution in [3.05, 3.63) is 17.7 Å². The summed E-state index contributed by atoms with van der Waals surface area (Å²) in [4.78, 5) is 17.4. The van der Waals surface area contributed by atoms with Gasteiger partial charge in [-0.25, -0.2) is 0 Å². The molecule has 0 aliphatic rings. The first-order valence-electron chi connectivity index (χ1n) is 4.55. The molecule has 0 radical (unpaired) electrons. The number of aromatic nitrogens is 1. The molecule has 15 heavy (non-hydrogen) atoms. The second-order valence-electron chi connectivity index (χ2n) is 3.28. The molecule has 0 bridgehead atoms. The SMILES string of the molecule is COc1cc(C(=O)CN)cc(N(C)C)n1. The summed E-state index contributed by atoms with van der Waals surface area (Å²) in [5, 5.41) is 0. The minimum absolute atomic E-state index is 0.0139. The Hall–Kier alpha value is -1.62. The third-order valence-electron chi connectivity index (χ3n) is 1.96. The Morgan fingerprint density at radius 2 is 2.20 bits per heavy atom. The number of hydrogen-bond acceptors (Lipinski definition) is 5. The average molecular weight is 209 g/mol. The van der Waals surface area contributed by atoms with Gasteiger partial charge in [-0.05, 0) is 6.07 Å². The van der Waals surface area contributed by atoms with E-state index in [0.29, 0.717) is 17.3 Å². The van der Waals surface area contributed by atoms with E-state index >= 15 is 0 Å². The molecule has 0 saturated heterocycles. The van der Waals surface area contributed by atoms with Crippen LogP contribution in [0.5, 0.6) is 5.88 Å². The zero-order chi connectivity index (χ0) is 11.4. The molecule has 1 aromatic heterocycles. The van der Waals surface area contributed by atoms with Crippen LogP contribution in [0.3, 0.4) is 0 Å². The number of carbonyl (C=O) groups is 1. The van der Waals surface area contributed by atoms with Crippen molar-refractivity contribution in [2.45, 2.75) is 0 Å². The predicted molar refractivity (Wildman–Crippen MR) is 58.5 cm³/mol. The van der Waals surface area contributed by atoms with Crippen molar-refractivity contribution in [3.63, 3.8) is 0 Å². The van der Waals surface area contributed by atoms with Crippen molar-refractivity contribution < 1.29 is 9.53 Å². The van der Waals surface area contributed by atoms with Gasteiger partial charge in [0.15, 0.2) is 5.78 Å². The second-order valence-corrected chi connectivity index (χ2v) is 3.28. The maximum atomic E-state index is 11.4. The molecular weight excluding hydrogens is 194 g/mol. The molecule has 1 rings (SSSR count). The Labute approximate surface area is 88.9 Å². The Kier molecular flexibility index (Phi) is 3.62. The van der Waals surface area contributed by atoms with E-state index in [9.17, 15) is 4.79 Å². The molecule has 0 spiro atoms. The number of pyridine rings is 1. The monoisotopic (exact) mass is 209 g/mol. The number of methoxy groups -OCH3 is 1. The van der Waals surface area contributed by atoms with Crippen molar-refractivity contribution in [2.75, 3.05) is 32.6 Å². The maximum Gasteiger partial charge on any atom is 0.215 e. The van der Waals surface area contributed by atoms with Crippen LogP contribution in [0, 0.1) is 0 Å². The van der Waals surface area contributed by atoms with Crippen LogP contribution >= 0.6 is 0 Å². The largest absolute Gasteiger partial charge is 0.481 e. The minimum atomic E-state index is -0.126. The van der Waals surface area contributed by atoms with Gasteiger partial charge in [0.25, 0.3) is 0 Å². The zero-order valence-corrected chi connectivity index (χ0v) is 9.15. The molecule has 1 heterocycles. The summed E-state index contributed by atoms with van der Waals surface area (Å²) in [7, 11) is 5.20. The standard InChI is InChI=1S/C10H15N3O2/c1-13(2)9-4-7(8(14)6-11)5-10(12-9)15-3/h4-5H,6,11H2,1-3H3. The second kappa shape index (κ2) is 4.75. The van der Waals surface area contributed by atoms with Crippen LogP contribution in [-0.4, -0.2) is 38.5 Å². The van der Waals surface area contributed by atoms with Gasteiger partial charge in [-0.2, -0.15) is 4.98 Å². The van der Waals surface area contributed by atoms with Crippen molar-refractivity contribution in [1.82, 2.24) is 4.98 Å². The molecular formula is C10H15N3O2. The zero-order valence-electron chi connectivity index (χ0n) is 9.15. The Bertz CT molecular complexity index is 364. The van der Waals surface area contributed by atoms with Crippen LogP contribution in [0.15, 0.2) is 12.1 Å². The van der Waals surface area contributed by atoms with Gasteiger partial charge in [-0.3, -0.25) is 4.79 Å². The third kappa shape index (κ3) is 2.66. The van der Waals surface area contributed by atoms with Gasteiger partial charge >= 0.3 is 0 Å². The van der Waals surface area contributed by atoms with Crippen LogP contribution < -0.4 is 15.4 Å². The first-order valence-corrected chi connectivity index (χ1v) is 4.55. The number of carbonyl (C=O) groups excluding carboxylic acids is 1. The summed E-state index contributed by atoms with van der Waals surface area (Å²) in [5.74, 6) is 0.961. The highest BCUT2D eigenvalue weighted by Crippen LogP contribution is 2.17. The van der Waals surface area contributed by atoms with Crippen LogP contribution in [0.4, 0.5) is 5.82 Å². The number of anilines is 1. The molecule has 2 N–H and O–H groups in total. The van der Waals surface area contributed by atoms with Crippen molar-refractivity contribution >= 4 is 11.6 Å². The van der Waals surface area contributed by atoms with E-state index in [-0.39, 0.29) is 12.3 Å². The van der Waals surface area contributed by atoms with Gasteiger partial charge in [-0.1, -0.05) is 0 Å². The van der Waals surface area contributed by atoms with Crippen molar-refractivity contribution in [3.8, 4) is 5.88 Å². The van der Waals surface area contributed by atoms with Gasteiger partial charge < -0.3 is 15.4 Å². The lowest BCUT2D eigenvalue weighted by molar-refractivity contribution is 0.100. The first-order chi connectivity index (χ1) is 7.08. The summed E-state index contributed by atoms with van der Waals surface area (Å²) in [6.45, 7) is -0.0139.